The Labute approximate surface area is 74.0 Å². The molecule has 0 bridgehead atoms. The van der Waals surface area contributed by atoms with Crippen LogP contribution >= 0.6 is 0 Å². The number of hydrogen-bond donors (Lipinski definition) is 1. The van der Waals surface area contributed by atoms with Crippen LogP contribution in [0.1, 0.15) is 6.92 Å². The Morgan fingerprint density at radius 3 is 2.92 bits per heavy atom. The van der Waals surface area contributed by atoms with Crippen molar-refractivity contribution in [2.75, 3.05) is 20.1 Å². The molecule has 0 aliphatic carbocycles. The predicted molar refractivity (Wildman–Crippen MR) is 50.0 cm³/mol. The van der Waals surface area contributed by atoms with Gasteiger partial charge in [0.25, 0.3) is 0 Å². The molecule has 0 radical (unpaired) electrons. The summed E-state index contributed by atoms with van der Waals surface area (Å²) in [5.74, 6) is 0. The van der Waals surface area contributed by atoms with Crippen molar-refractivity contribution in [3.8, 4) is 0 Å². The normalized spacial score (nSPS) is 19.9. The van der Waals surface area contributed by atoms with Crippen molar-refractivity contribution in [2.24, 2.45) is 0 Å². The van der Waals surface area contributed by atoms with Gasteiger partial charge < -0.3 is 4.90 Å². The maximum Gasteiger partial charge on any atom is 0.333 e. The topological polar surface area (TPSA) is 35.6 Å². The van der Waals surface area contributed by atoms with Crippen LogP contribution in [-0.4, -0.2) is 42.9 Å². The molecule has 1 aliphatic rings. The lowest BCUT2D eigenvalue weighted by Crippen LogP contribution is -2.47. The van der Waals surface area contributed by atoms with E-state index in [1.54, 1.807) is 12.1 Å². The summed E-state index contributed by atoms with van der Waals surface area (Å²) >= 11 is 0. The monoisotopic (exact) mass is 169 g/mol. The summed E-state index contributed by atoms with van der Waals surface area (Å²) in [6, 6.07) is 0.0712. The average Bonchev–Trinajstić information content (AvgIpc) is 2.14. The Morgan fingerprint density at radius 1 is 1.67 bits per heavy atom. The van der Waals surface area contributed by atoms with Crippen LogP contribution in [0.3, 0.4) is 0 Å². The molecule has 1 N–H and O–H groups in total. The van der Waals surface area contributed by atoms with E-state index in [1.165, 1.54) is 0 Å². The second-order valence-corrected chi connectivity index (χ2v) is 3.24. The number of nitrogens with zero attached hydrogens (tertiary/aromatic N) is 2. The van der Waals surface area contributed by atoms with E-state index in [2.05, 4.69) is 12.2 Å². The Balaban J connectivity index is 2.63. The van der Waals surface area contributed by atoms with Crippen LogP contribution in [0.2, 0.25) is 13.1 Å². The van der Waals surface area contributed by atoms with Crippen molar-refractivity contribution in [1.82, 2.24) is 15.2 Å². The second kappa shape index (κ2) is 3.80. The number of urea groups is 1. The highest BCUT2D eigenvalue weighted by atomic mass is 16.2. The van der Waals surface area contributed by atoms with Gasteiger partial charge in [-0.15, -0.1) is 0 Å². The zero-order valence-electron chi connectivity index (χ0n) is 8.00. The molecule has 5 heteroatoms. The quantitative estimate of drug-likeness (QED) is 0.580. The number of hydrogen-bond acceptors (Lipinski definition) is 2. The number of amides is 2. The fourth-order valence-corrected chi connectivity index (χ4v) is 1.40. The van der Waals surface area contributed by atoms with E-state index in [1.807, 2.05) is 11.8 Å². The van der Waals surface area contributed by atoms with Gasteiger partial charge in [-0.25, -0.2) is 4.79 Å². The average molecular weight is 169 g/mol. The Hall–Kier alpha value is -0.705. The van der Waals surface area contributed by atoms with Crippen molar-refractivity contribution in [1.29, 1.82) is 0 Å². The molecule has 4 nitrogen and oxygen atoms in total. The van der Waals surface area contributed by atoms with Crippen molar-refractivity contribution >= 4 is 12.9 Å². The van der Waals surface area contributed by atoms with Crippen LogP contribution in [0.5, 0.6) is 0 Å². The van der Waals surface area contributed by atoms with Gasteiger partial charge in [-0.1, -0.05) is 6.82 Å². The third kappa shape index (κ3) is 1.91. The molecule has 0 aromatic rings. The van der Waals surface area contributed by atoms with Crippen molar-refractivity contribution in [3.63, 3.8) is 0 Å². The molecule has 1 saturated heterocycles. The third-order valence-electron chi connectivity index (χ3n) is 2.19. The Morgan fingerprint density at radius 2 is 2.33 bits per heavy atom. The lowest BCUT2D eigenvalue weighted by atomic mass is 9.63. The highest BCUT2D eigenvalue weighted by Crippen LogP contribution is 2.03. The van der Waals surface area contributed by atoms with E-state index in [-0.39, 0.29) is 6.03 Å². The molecule has 0 saturated carbocycles. The van der Waals surface area contributed by atoms with Gasteiger partial charge in [-0.3, -0.25) is 10.3 Å². The first-order chi connectivity index (χ1) is 5.65. The van der Waals surface area contributed by atoms with Crippen LogP contribution < -0.4 is 5.34 Å². The van der Waals surface area contributed by atoms with Gasteiger partial charge in [0.05, 0.1) is 0 Å². The fourth-order valence-electron chi connectivity index (χ4n) is 1.40. The van der Waals surface area contributed by atoms with Gasteiger partial charge in [-0.05, 0) is 13.2 Å². The molecule has 0 aromatic carbocycles. The minimum Gasteiger partial charge on any atom is -0.324 e. The van der Waals surface area contributed by atoms with Crippen LogP contribution in [0.4, 0.5) is 4.79 Å². The van der Waals surface area contributed by atoms with E-state index in [0.29, 0.717) is 6.85 Å². The van der Waals surface area contributed by atoms with Crippen LogP contribution in [0.15, 0.2) is 0 Å². The second-order valence-electron chi connectivity index (χ2n) is 3.24. The zero-order chi connectivity index (χ0) is 9.14. The summed E-state index contributed by atoms with van der Waals surface area (Å²) in [7, 11) is 1.77. The fraction of sp³-hybridized carbons (Fsp3) is 0.857. The molecule has 1 aliphatic heterocycles. The Kier molecular flexibility index (Phi) is 2.97. The molecule has 12 heavy (non-hydrogen) atoms. The minimum absolute atomic E-state index is 0.0712. The van der Waals surface area contributed by atoms with E-state index < -0.39 is 0 Å². The zero-order valence-corrected chi connectivity index (χ0v) is 8.00. The molecule has 0 unspecified atom stereocenters. The lowest BCUT2D eigenvalue weighted by molar-refractivity contribution is 0.164. The maximum absolute atomic E-state index is 11.5. The largest absolute Gasteiger partial charge is 0.333 e. The summed E-state index contributed by atoms with van der Waals surface area (Å²) in [6.07, 6.45) is 1.02. The maximum atomic E-state index is 11.5. The van der Waals surface area contributed by atoms with Gasteiger partial charge in [0, 0.05) is 20.1 Å². The molecule has 0 atom stereocenters. The van der Waals surface area contributed by atoms with Gasteiger partial charge in [-0.2, -0.15) is 0 Å². The molecule has 68 valence electrons. The molecule has 1 heterocycles. The van der Waals surface area contributed by atoms with Crippen LogP contribution in [-0.2, 0) is 0 Å². The first-order valence-electron chi connectivity index (χ1n) is 4.44. The molecular weight excluding hydrogens is 153 g/mol. The highest BCUT2D eigenvalue weighted by Gasteiger charge is 2.23. The summed E-state index contributed by atoms with van der Waals surface area (Å²) in [5, 5.41) is 4.67. The molecule has 0 spiro atoms. The van der Waals surface area contributed by atoms with E-state index in [0.717, 1.165) is 19.4 Å². The lowest BCUT2D eigenvalue weighted by Gasteiger charge is -2.23. The molecule has 0 aromatic heterocycles. The van der Waals surface area contributed by atoms with Crippen LogP contribution in [0, 0.1) is 0 Å². The van der Waals surface area contributed by atoms with Crippen LogP contribution in [0.25, 0.3) is 0 Å². The molecular formula is C7H16BN3O. The van der Waals surface area contributed by atoms with Crippen molar-refractivity contribution in [3.05, 3.63) is 0 Å². The van der Waals surface area contributed by atoms with Gasteiger partial charge >= 0.3 is 6.03 Å². The standard InChI is InChI=1S/C7H16BN3O/c1-4-11-6-5-8(2)9-10(3)7(11)12/h9H,4-6H2,1-3H3. The van der Waals surface area contributed by atoms with Crippen molar-refractivity contribution in [2.45, 2.75) is 20.1 Å². The number of carbonyl (C=O) groups is 1. The number of rotatable bonds is 1. The minimum atomic E-state index is 0.0712. The number of hydrazine groups is 1. The van der Waals surface area contributed by atoms with Gasteiger partial charge in [0.2, 0.25) is 6.85 Å². The highest BCUT2D eigenvalue weighted by molar-refractivity contribution is 6.54. The number of nitrogens with one attached hydrogen (secondary N) is 1. The van der Waals surface area contributed by atoms with Gasteiger partial charge in [0.15, 0.2) is 0 Å². The number of carbonyl (C=O) groups excluding carboxylic acids is 1. The summed E-state index contributed by atoms with van der Waals surface area (Å²) < 4.78 is 0. The third-order valence-corrected chi connectivity index (χ3v) is 2.19. The molecule has 1 rings (SSSR count). The first kappa shape index (κ1) is 9.38. The van der Waals surface area contributed by atoms with Crippen molar-refractivity contribution < 1.29 is 4.79 Å². The summed E-state index contributed by atoms with van der Waals surface area (Å²) in [6.45, 7) is 6.12. The Bertz CT molecular complexity index is 176. The molecule has 1 fully saturated rings. The smallest absolute Gasteiger partial charge is 0.324 e. The molecule has 2 amide bonds. The predicted octanol–water partition coefficient (Wildman–Crippen LogP) is 0.500. The van der Waals surface area contributed by atoms with Gasteiger partial charge in [0.1, 0.15) is 0 Å². The SMILES string of the molecule is CCN1CCB(C)NN(C)C1=O. The summed E-state index contributed by atoms with van der Waals surface area (Å²) in [5.41, 5.74) is 0. The van der Waals surface area contributed by atoms with E-state index in [9.17, 15) is 4.79 Å². The summed E-state index contributed by atoms with van der Waals surface area (Å²) in [4.78, 5) is 13.4. The first-order valence-corrected chi connectivity index (χ1v) is 4.44. The van der Waals surface area contributed by atoms with E-state index >= 15 is 0 Å². The van der Waals surface area contributed by atoms with E-state index in [4.69, 9.17) is 0 Å².